The van der Waals surface area contributed by atoms with Gasteiger partial charge < -0.3 is 23.9 Å². The number of fused-ring (bicyclic) bond motifs is 1. The zero-order valence-corrected chi connectivity index (χ0v) is 16.0. The Bertz CT molecular complexity index is 960. The number of piperazine rings is 1. The first-order chi connectivity index (χ1) is 13.8. The summed E-state index contributed by atoms with van der Waals surface area (Å²) in [4.78, 5) is 20.9. The molecule has 0 spiro atoms. The molecule has 2 aliphatic heterocycles. The maximum absolute atomic E-state index is 5.52. The van der Waals surface area contributed by atoms with Crippen LogP contribution in [0.1, 0.15) is 5.82 Å². The number of pyridine rings is 1. The summed E-state index contributed by atoms with van der Waals surface area (Å²) in [5.74, 6) is 3.81. The number of rotatable bonds is 3. The Morgan fingerprint density at radius 3 is 2.29 bits per heavy atom. The second kappa shape index (κ2) is 7.27. The third kappa shape index (κ3) is 3.24. The number of hydrogen-bond acceptors (Lipinski definition) is 8. The molecule has 2 fully saturated rings. The Morgan fingerprint density at radius 1 is 0.857 bits per heavy atom. The van der Waals surface area contributed by atoms with Crippen molar-refractivity contribution in [2.45, 2.75) is 6.92 Å². The van der Waals surface area contributed by atoms with Crippen LogP contribution in [0.2, 0.25) is 0 Å². The van der Waals surface area contributed by atoms with E-state index >= 15 is 0 Å². The van der Waals surface area contributed by atoms with E-state index < -0.39 is 0 Å². The minimum atomic E-state index is 0.754. The Hall–Kier alpha value is -2.87. The number of morpholine rings is 1. The third-order valence-electron chi connectivity index (χ3n) is 5.41. The van der Waals surface area contributed by atoms with E-state index in [1.165, 1.54) is 0 Å². The number of nitrogens with zero attached hydrogens (tertiary/aromatic N) is 6. The highest BCUT2D eigenvalue weighted by atomic mass is 16.5. The summed E-state index contributed by atoms with van der Waals surface area (Å²) in [6.45, 7) is 8.82. The van der Waals surface area contributed by atoms with Crippen molar-refractivity contribution < 1.29 is 9.15 Å². The van der Waals surface area contributed by atoms with Crippen LogP contribution in [-0.2, 0) is 4.74 Å². The van der Waals surface area contributed by atoms with Gasteiger partial charge in [0.1, 0.15) is 28.9 Å². The van der Waals surface area contributed by atoms with E-state index in [0.29, 0.717) is 0 Å². The van der Waals surface area contributed by atoms with E-state index in [1.54, 1.807) is 6.26 Å². The molecule has 8 heteroatoms. The van der Waals surface area contributed by atoms with Crippen LogP contribution in [0, 0.1) is 6.92 Å². The lowest BCUT2D eigenvalue weighted by Crippen LogP contribution is -2.47. The fourth-order valence-electron chi connectivity index (χ4n) is 3.93. The molecule has 3 aromatic rings. The highest BCUT2D eigenvalue weighted by molar-refractivity contribution is 5.88. The molecule has 5 rings (SSSR count). The molecule has 2 saturated heterocycles. The molecule has 0 saturated carbocycles. The lowest BCUT2D eigenvalue weighted by atomic mass is 10.2. The average Bonchev–Trinajstić information content (AvgIpc) is 3.23. The molecule has 146 valence electrons. The molecule has 8 nitrogen and oxygen atoms in total. The smallest absolute Gasteiger partial charge is 0.139 e. The molecule has 0 amide bonds. The average molecular weight is 380 g/mol. The quantitative estimate of drug-likeness (QED) is 0.684. The molecular formula is C20H24N6O2. The Kier molecular flexibility index (Phi) is 4.48. The summed E-state index contributed by atoms with van der Waals surface area (Å²) in [6.07, 6.45) is 3.54. The number of aryl methyl sites for hydroxylation is 1. The van der Waals surface area contributed by atoms with Gasteiger partial charge in [-0.1, -0.05) is 0 Å². The summed E-state index contributed by atoms with van der Waals surface area (Å²) < 4.78 is 11.0. The standard InChI is InChI=1S/C20H24N6O2/c1-15-22-18(14-19(23-15)25-9-12-27-13-10-25)24-5-7-26(8-6-24)20-16-3-11-28-17(16)2-4-21-20/h2-4,11,14H,5-10,12-13H2,1H3. The Labute approximate surface area is 163 Å². The van der Waals surface area contributed by atoms with E-state index in [9.17, 15) is 0 Å². The second-order valence-corrected chi connectivity index (χ2v) is 7.17. The van der Waals surface area contributed by atoms with Gasteiger partial charge in [-0.3, -0.25) is 0 Å². The van der Waals surface area contributed by atoms with Crippen LogP contribution in [-0.4, -0.2) is 67.4 Å². The molecule has 0 radical (unpaired) electrons. The number of furan rings is 1. The molecule has 0 bridgehead atoms. The van der Waals surface area contributed by atoms with E-state index in [0.717, 1.165) is 86.7 Å². The first kappa shape index (κ1) is 17.2. The third-order valence-corrected chi connectivity index (χ3v) is 5.41. The van der Waals surface area contributed by atoms with Gasteiger partial charge in [-0.25, -0.2) is 15.0 Å². The van der Waals surface area contributed by atoms with Gasteiger partial charge in [0, 0.05) is 51.5 Å². The van der Waals surface area contributed by atoms with Crippen LogP contribution >= 0.6 is 0 Å². The van der Waals surface area contributed by atoms with E-state index in [-0.39, 0.29) is 0 Å². The topological polar surface area (TPSA) is 70.8 Å². The first-order valence-corrected chi connectivity index (χ1v) is 9.78. The normalized spacial score (nSPS) is 18.1. The van der Waals surface area contributed by atoms with Crippen molar-refractivity contribution in [3.63, 3.8) is 0 Å². The van der Waals surface area contributed by atoms with Gasteiger partial charge in [0.15, 0.2) is 0 Å². The number of ether oxygens (including phenoxy) is 1. The summed E-state index contributed by atoms with van der Waals surface area (Å²) in [7, 11) is 0. The van der Waals surface area contributed by atoms with Gasteiger partial charge in [0.2, 0.25) is 0 Å². The van der Waals surface area contributed by atoms with Crippen molar-refractivity contribution >= 4 is 28.4 Å². The molecule has 2 aliphatic rings. The van der Waals surface area contributed by atoms with E-state index in [2.05, 4.69) is 30.7 Å². The zero-order chi connectivity index (χ0) is 18.9. The first-order valence-electron chi connectivity index (χ1n) is 9.78. The van der Waals surface area contributed by atoms with Gasteiger partial charge in [0.05, 0.1) is 24.9 Å². The molecule has 0 atom stereocenters. The van der Waals surface area contributed by atoms with Crippen molar-refractivity contribution in [2.75, 3.05) is 67.2 Å². The predicted octanol–water partition coefficient (Wildman–Crippen LogP) is 2.09. The predicted molar refractivity (Wildman–Crippen MR) is 108 cm³/mol. The maximum atomic E-state index is 5.52. The zero-order valence-electron chi connectivity index (χ0n) is 16.0. The van der Waals surface area contributed by atoms with Gasteiger partial charge in [-0.2, -0.15) is 0 Å². The lowest BCUT2D eigenvalue weighted by Gasteiger charge is -2.36. The van der Waals surface area contributed by atoms with Gasteiger partial charge in [-0.15, -0.1) is 0 Å². The fraction of sp³-hybridized carbons (Fsp3) is 0.450. The summed E-state index contributed by atoms with van der Waals surface area (Å²) in [5, 5.41) is 1.07. The SMILES string of the molecule is Cc1nc(N2CCOCC2)cc(N2CCN(c3nccc4occc34)CC2)n1. The van der Waals surface area contributed by atoms with Crippen LogP contribution in [0.5, 0.6) is 0 Å². The molecule has 5 heterocycles. The monoisotopic (exact) mass is 380 g/mol. The minimum absolute atomic E-state index is 0.754. The molecule has 0 N–H and O–H groups in total. The van der Waals surface area contributed by atoms with Crippen LogP contribution in [0.25, 0.3) is 11.0 Å². The van der Waals surface area contributed by atoms with Crippen molar-refractivity contribution in [3.8, 4) is 0 Å². The van der Waals surface area contributed by atoms with Gasteiger partial charge in [0.25, 0.3) is 0 Å². The second-order valence-electron chi connectivity index (χ2n) is 7.17. The number of aromatic nitrogens is 3. The summed E-state index contributed by atoms with van der Waals surface area (Å²) in [5.41, 5.74) is 0.883. The Balaban J connectivity index is 1.33. The summed E-state index contributed by atoms with van der Waals surface area (Å²) >= 11 is 0. The summed E-state index contributed by atoms with van der Waals surface area (Å²) in [6, 6.07) is 6.02. The van der Waals surface area contributed by atoms with Crippen molar-refractivity contribution in [1.29, 1.82) is 0 Å². The lowest BCUT2D eigenvalue weighted by molar-refractivity contribution is 0.122. The highest BCUT2D eigenvalue weighted by Gasteiger charge is 2.23. The highest BCUT2D eigenvalue weighted by Crippen LogP contribution is 2.27. The van der Waals surface area contributed by atoms with Crippen molar-refractivity contribution in [2.24, 2.45) is 0 Å². The van der Waals surface area contributed by atoms with Crippen LogP contribution in [0.4, 0.5) is 17.5 Å². The Morgan fingerprint density at radius 2 is 1.54 bits per heavy atom. The minimum Gasteiger partial charge on any atom is -0.464 e. The van der Waals surface area contributed by atoms with Gasteiger partial charge in [-0.05, 0) is 19.1 Å². The van der Waals surface area contributed by atoms with Gasteiger partial charge >= 0.3 is 0 Å². The number of hydrogen-bond donors (Lipinski definition) is 0. The van der Waals surface area contributed by atoms with E-state index in [4.69, 9.17) is 14.1 Å². The van der Waals surface area contributed by atoms with Crippen molar-refractivity contribution in [1.82, 2.24) is 15.0 Å². The van der Waals surface area contributed by atoms with Crippen LogP contribution in [0.15, 0.2) is 35.1 Å². The molecular weight excluding hydrogens is 356 g/mol. The fourth-order valence-corrected chi connectivity index (χ4v) is 3.93. The molecule has 28 heavy (non-hydrogen) atoms. The van der Waals surface area contributed by atoms with Crippen molar-refractivity contribution in [3.05, 3.63) is 36.5 Å². The van der Waals surface area contributed by atoms with Crippen LogP contribution < -0.4 is 14.7 Å². The molecule has 3 aromatic heterocycles. The molecule has 0 unspecified atom stereocenters. The maximum Gasteiger partial charge on any atom is 0.139 e. The molecule has 0 aliphatic carbocycles. The molecule has 0 aromatic carbocycles. The van der Waals surface area contributed by atoms with E-state index in [1.807, 2.05) is 25.3 Å². The van der Waals surface area contributed by atoms with Crippen LogP contribution in [0.3, 0.4) is 0 Å². The number of anilines is 3. The largest absolute Gasteiger partial charge is 0.464 e.